The first kappa shape index (κ1) is 21.4. The molecule has 0 radical (unpaired) electrons. The summed E-state index contributed by atoms with van der Waals surface area (Å²) in [5, 5.41) is 12.4. The van der Waals surface area contributed by atoms with Crippen LogP contribution in [0.1, 0.15) is 26.3 Å². The molecule has 0 fully saturated rings. The van der Waals surface area contributed by atoms with E-state index in [1.54, 1.807) is 43.3 Å². The number of hydrogen-bond donors (Lipinski definition) is 3. The monoisotopic (exact) mass is 444 g/mol. The highest BCUT2D eigenvalue weighted by Gasteiger charge is 2.21. The van der Waals surface area contributed by atoms with Crippen LogP contribution in [0.2, 0.25) is 5.02 Å². The molecule has 3 aromatic rings. The van der Waals surface area contributed by atoms with Crippen LogP contribution >= 0.6 is 11.6 Å². The maximum atomic E-state index is 12.8. The number of carboxylic acids is 1. The second-order valence-electron chi connectivity index (χ2n) is 6.39. The predicted octanol–water partition coefficient (Wildman–Crippen LogP) is 4.40. The lowest BCUT2D eigenvalue weighted by atomic mass is 10.1. The first-order valence-electron chi connectivity index (χ1n) is 8.70. The number of amides is 1. The number of para-hydroxylation sites is 1. The Labute approximate surface area is 178 Å². The van der Waals surface area contributed by atoms with Gasteiger partial charge < -0.3 is 10.4 Å². The van der Waals surface area contributed by atoms with Crippen LogP contribution in [0.25, 0.3) is 0 Å². The van der Waals surface area contributed by atoms with Gasteiger partial charge in [-0.25, -0.2) is 13.2 Å². The summed E-state index contributed by atoms with van der Waals surface area (Å²) in [4.78, 5) is 23.8. The Morgan fingerprint density at radius 2 is 1.60 bits per heavy atom. The first-order valence-corrected chi connectivity index (χ1v) is 10.6. The van der Waals surface area contributed by atoms with Crippen molar-refractivity contribution in [2.45, 2.75) is 11.8 Å². The number of hydrogen-bond acceptors (Lipinski definition) is 4. The molecule has 30 heavy (non-hydrogen) atoms. The lowest BCUT2D eigenvalue weighted by Gasteiger charge is -2.13. The molecular formula is C21H17ClN2O5S. The van der Waals surface area contributed by atoms with Crippen LogP contribution in [0.3, 0.4) is 0 Å². The molecular weight excluding hydrogens is 428 g/mol. The molecule has 0 heterocycles. The molecule has 0 saturated heterocycles. The lowest BCUT2D eigenvalue weighted by molar-refractivity contribution is 0.0695. The van der Waals surface area contributed by atoms with Crippen molar-refractivity contribution < 1.29 is 23.1 Å². The van der Waals surface area contributed by atoms with Crippen molar-refractivity contribution in [1.29, 1.82) is 0 Å². The fraction of sp³-hybridized carbons (Fsp3) is 0.0476. The highest BCUT2D eigenvalue weighted by Crippen LogP contribution is 2.23. The van der Waals surface area contributed by atoms with E-state index in [1.807, 2.05) is 0 Å². The third-order valence-corrected chi connectivity index (χ3v) is 5.88. The van der Waals surface area contributed by atoms with E-state index in [9.17, 15) is 23.1 Å². The van der Waals surface area contributed by atoms with E-state index in [2.05, 4.69) is 10.0 Å². The molecule has 154 valence electrons. The highest BCUT2D eigenvalue weighted by atomic mass is 35.5. The minimum atomic E-state index is -4.13. The fourth-order valence-corrected chi connectivity index (χ4v) is 3.94. The number of carbonyl (C=O) groups excluding carboxylic acids is 1. The van der Waals surface area contributed by atoms with Crippen molar-refractivity contribution in [3.63, 3.8) is 0 Å². The number of benzene rings is 3. The maximum absolute atomic E-state index is 12.8. The standard InChI is InChI=1S/C21H17ClN2O5S/c1-13-6-11-16(12-18(13)21(26)27)30(28,29)24-19-5-3-2-4-17(19)20(25)23-15-9-7-14(22)8-10-15/h2-12,24H,1H3,(H,23,25)(H,26,27). The van der Waals surface area contributed by atoms with E-state index in [-0.39, 0.29) is 21.7 Å². The summed E-state index contributed by atoms with van der Waals surface area (Å²) in [5.41, 5.74) is 0.963. The Bertz CT molecular complexity index is 1220. The molecule has 0 spiro atoms. The predicted molar refractivity (Wildman–Crippen MR) is 115 cm³/mol. The van der Waals surface area contributed by atoms with Gasteiger partial charge in [0.05, 0.1) is 21.7 Å². The zero-order valence-electron chi connectivity index (χ0n) is 15.7. The van der Waals surface area contributed by atoms with Crippen molar-refractivity contribution in [2.75, 3.05) is 10.0 Å². The van der Waals surface area contributed by atoms with Gasteiger partial charge in [0.25, 0.3) is 15.9 Å². The van der Waals surface area contributed by atoms with Crippen LogP contribution in [0.5, 0.6) is 0 Å². The number of nitrogens with one attached hydrogen (secondary N) is 2. The smallest absolute Gasteiger partial charge is 0.335 e. The molecule has 0 saturated carbocycles. The summed E-state index contributed by atoms with van der Waals surface area (Å²) in [6.07, 6.45) is 0. The molecule has 1 amide bonds. The van der Waals surface area contributed by atoms with Gasteiger partial charge in [-0.2, -0.15) is 0 Å². The molecule has 0 atom stereocenters. The number of anilines is 2. The number of sulfonamides is 1. The van der Waals surface area contributed by atoms with Crippen LogP contribution in [0, 0.1) is 6.92 Å². The molecule has 0 aliphatic heterocycles. The largest absolute Gasteiger partial charge is 0.478 e. The SMILES string of the molecule is Cc1ccc(S(=O)(=O)Nc2ccccc2C(=O)Nc2ccc(Cl)cc2)cc1C(=O)O. The molecule has 0 unspecified atom stereocenters. The number of halogens is 1. The van der Waals surface area contributed by atoms with E-state index in [4.69, 9.17) is 11.6 Å². The van der Waals surface area contributed by atoms with E-state index in [1.165, 1.54) is 24.3 Å². The van der Waals surface area contributed by atoms with Gasteiger partial charge in [0.2, 0.25) is 0 Å². The summed E-state index contributed by atoms with van der Waals surface area (Å²) >= 11 is 5.84. The quantitative estimate of drug-likeness (QED) is 0.521. The number of carboxylic acid groups (broad SMARTS) is 1. The van der Waals surface area contributed by atoms with Crippen LogP contribution in [-0.4, -0.2) is 25.4 Å². The first-order chi connectivity index (χ1) is 14.2. The second kappa shape index (κ2) is 8.56. The minimum Gasteiger partial charge on any atom is -0.478 e. The molecule has 7 nitrogen and oxygen atoms in total. The molecule has 3 N–H and O–H groups in total. The van der Waals surface area contributed by atoms with E-state index in [0.717, 1.165) is 6.07 Å². The Balaban J connectivity index is 1.90. The third-order valence-electron chi connectivity index (χ3n) is 4.27. The van der Waals surface area contributed by atoms with Crippen molar-refractivity contribution in [3.8, 4) is 0 Å². The molecule has 3 rings (SSSR count). The van der Waals surface area contributed by atoms with Crippen LogP contribution in [0.15, 0.2) is 71.6 Å². The van der Waals surface area contributed by atoms with Gasteiger partial charge in [0, 0.05) is 10.7 Å². The Kier molecular flexibility index (Phi) is 6.09. The summed E-state index contributed by atoms with van der Waals surface area (Å²) in [7, 11) is -4.13. The van der Waals surface area contributed by atoms with Crippen molar-refractivity contribution in [2.24, 2.45) is 0 Å². The van der Waals surface area contributed by atoms with E-state index >= 15 is 0 Å². The van der Waals surface area contributed by atoms with E-state index < -0.39 is 21.9 Å². The van der Waals surface area contributed by atoms with Gasteiger partial charge in [-0.3, -0.25) is 9.52 Å². The number of rotatable bonds is 6. The third kappa shape index (κ3) is 4.79. The summed E-state index contributed by atoms with van der Waals surface area (Å²) in [6, 6.07) is 16.4. The van der Waals surface area contributed by atoms with Crippen LogP contribution in [-0.2, 0) is 10.0 Å². The van der Waals surface area contributed by atoms with Crippen molar-refractivity contribution in [3.05, 3.63) is 88.4 Å². The topological polar surface area (TPSA) is 113 Å². The zero-order chi connectivity index (χ0) is 21.9. The van der Waals surface area contributed by atoms with Gasteiger partial charge in [-0.05, 0) is 61.0 Å². The van der Waals surface area contributed by atoms with Gasteiger partial charge >= 0.3 is 5.97 Å². The van der Waals surface area contributed by atoms with Gasteiger partial charge in [-0.15, -0.1) is 0 Å². The zero-order valence-corrected chi connectivity index (χ0v) is 17.3. The van der Waals surface area contributed by atoms with E-state index in [0.29, 0.717) is 16.3 Å². The van der Waals surface area contributed by atoms with Gasteiger partial charge in [0.15, 0.2) is 0 Å². The molecule has 0 bridgehead atoms. The fourth-order valence-electron chi connectivity index (χ4n) is 2.70. The van der Waals surface area contributed by atoms with Gasteiger partial charge in [0.1, 0.15) is 0 Å². The van der Waals surface area contributed by atoms with Gasteiger partial charge in [-0.1, -0.05) is 29.8 Å². The molecule has 3 aromatic carbocycles. The van der Waals surface area contributed by atoms with Crippen molar-refractivity contribution in [1.82, 2.24) is 0 Å². The Morgan fingerprint density at radius 1 is 0.933 bits per heavy atom. The molecule has 9 heteroatoms. The Hall–Kier alpha value is -3.36. The highest BCUT2D eigenvalue weighted by molar-refractivity contribution is 7.92. The average Bonchev–Trinajstić information content (AvgIpc) is 2.69. The van der Waals surface area contributed by atoms with Crippen LogP contribution in [0.4, 0.5) is 11.4 Å². The number of carbonyl (C=O) groups is 2. The molecule has 0 aliphatic rings. The molecule has 0 aromatic heterocycles. The van der Waals surface area contributed by atoms with Crippen molar-refractivity contribution >= 4 is 44.9 Å². The minimum absolute atomic E-state index is 0.0569. The van der Waals surface area contributed by atoms with Crippen LogP contribution < -0.4 is 10.0 Å². The second-order valence-corrected chi connectivity index (χ2v) is 8.51. The maximum Gasteiger partial charge on any atom is 0.335 e. The number of aryl methyl sites for hydroxylation is 1. The lowest BCUT2D eigenvalue weighted by Crippen LogP contribution is -2.19. The number of aromatic carboxylic acids is 1. The summed E-state index contributed by atoms with van der Waals surface area (Å²) in [5.74, 6) is -1.75. The summed E-state index contributed by atoms with van der Waals surface area (Å²) in [6.45, 7) is 1.57. The Morgan fingerprint density at radius 3 is 2.27 bits per heavy atom. The average molecular weight is 445 g/mol. The molecule has 0 aliphatic carbocycles. The summed E-state index contributed by atoms with van der Waals surface area (Å²) < 4.78 is 28.0. The normalized spacial score (nSPS) is 11.0.